The molecule has 4 heterocycles. The Morgan fingerprint density at radius 1 is 0.288 bits per heavy atom. The summed E-state index contributed by atoms with van der Waals surface area (Å²) in [5.41, 5.74) is 15.5. The number of aromatic nitrogens is 6. The third-order valence-electron chi connectivity index (χ3n) is 10.7. The highest BCUT2D eigenvalue weighted by molar-refractivity contribution is 7.25. The van der Waals surface area contributed by atoms with Crippen LogP contribution in [0.25, 0.3) is 110 Å². The van der Waals surface area contributed by atoms with Gasteiger partial charge in [-0.3, -0.25) is 4.98 Å². The molecular formula is C52H32N6S. The van der Waals surface area contributed by atoms with Crippen molar-refractivity contribution in [1.29, 1.82) is 0 Å². The second-order valence-electron chi connectivity index (χ2n) is 14.4. The molecule has 11 rings (SSSR count). The van der Waals surface area contributed by atoms with E-state index in [0.717, 1.165) is 87.2 Å². The van der Waals surface area contributed by atoms with E-state index in [2.05, 4.69) is 127 Å². The molecule has 0 unspecified atom stereocenters. The van der Waals surface area contributed by atoms with Crippen LogP contribution in [-0.4, -0.2) is 29.9 Å². The van der Waals surface area contributed by atoms with E-state index in [1.165, 1.54) is 5.56 Å². The van der Waals surface area contributed by atoms with Crippen molar-refractivity contribution in [2.75, 3.05) is 0 Å². The predicted octanol–water partition coefficient (Wildman–Crippen LogP) is 13.2. The molecular weight excluding hydrogens is 741 g/mol. The Hall–Kier alpha value is -7.74. The number of hydrogen-bond acceptors (Lipinski definition) is 7. The van der Waals surface area contributed by atoms with Crippen LogP contribution in [0.5, 0.6) is 0 Å². The highest BCUT2D eigenvalue weighted by Gasteiger charge is 2.16. The predicted molar refractivity (Wildman–Crippen MR) is 242 cm³/mol. The summed E-state index contributed by atoms with van der Waals surface area (Å²) < 4.78 is 1.10. The standard InChI is InChI=1S/C52H32N6S/c1-3-9-33(10-4-1)34-21-27-41(28-22-34)50-56-49(40-11-5-2-6-12-40)57-51(58-50)42-29-23-38(24-30-42)36-17-15-35(16-18-36)37-19-25-39(26-20-37)43-31-32-53-46-47-52(59-48(43)46)55-45-14-8-7-13-44(45)54-47/h1-32H. The highest BCUT2D eigenvalue weighted by atomic mass is 32.1. The number of fused-ring (bicyclic) bond motifs is 4. The molecule has 11 aromatic rings. The van der Waals surface area contributed by atoms with E-state index >= 15 is 0 Å². The van der Waals surface area contributed by atoms with Crippen LogP contribution in [0.1, 0.15) is 0 Å². The molecule has 0 amide bonds. The third kappa shape index (κ3) is 6.59. The van der Waals surface area contributed by atoms with Gasteiger partial charge in [-0.15, -0.1) is 11.3 Å². The van der Waals surface area contributed by atoms with Crippen LogP contribution in [0.15, 0.2) is 194 Å². The molecule has 0 aliphatic rings. The van der Waals surface area contributed by atoms with Crippen LogP contribution >= 0.6 is 11.3 Å². The van der Waals surface area contributed by atoms with Crippen molar-refractivity contribution in [1.82, 2.24) is 29.9 Å². The van der Waals surface area contributed by atoms with Crippen LogP contribution in [0, 0.1) is 0 Å². The van der Waals surface area contributed by atoms with Gasteiger partial charge in [-0.1, -0.05) is 170 Å². The second-order valence-corrected chi connectivity index (χ2v) is 15.4. The Balaban J connectivity index is 0.852. The van der Waals surface area contributed by atoms with Gasteiger partial charge in [0.1, 0.15) is 15.9 Å². The van der Waals surface area contributed by atoms with Crippen molar-refractivity contribution >= 4 is 42.9 Å². The van der Waals surface area contributed by atoms with Gasteiger partial charge in [-0.05, 0) is 57.1 Å². The minimum Gasteiger partial charge on any atom is -0.253 e. The minimum absolute atomic E-state index is 0.632. The van der Waals surface area contributed by atoms with E-state index in [9.17, 15) is 0 Å². The lowest BCUT2D eigenvalue weighted by Gasteiger charge is -2.10. The van der Waals surface area contributed by atoms with Crippen molar-refractivity contribution in [3.05, 3.63) is 194 Å². The zero-order chi connectivity index (χ0) is 39.1. The molecule has 6 nitrogen and oxygen atoms in total. The maximum Gasteiger partial charge on any atom is 0.164 e. The van der Waals surface area contributed by atoms with E-state index in [0.29, 0.717) is 17.5 Å². The quantitative estimate of drug-likeness (QED) is 0.161. The number of benzene rings is 7. The molecule has 0 N–H and O–H groups in total. The first-order valence-corrected chi connectivity index (χ1v) is 20.2. The summed E-state index contributed by atoms with van der Waals surface area (Å²) in [6, 6.07) is 64.9. The Morgan fingerprint density at radius 2 is 0.661 bits per heavy atom. The third-order valence-corrected chi connectivity index (χ3v) is 11.8. The number of rotatable bonds is 7. The molecule has 7 aromatic carbocycles. The lowest BCUT2D eigenvalue weighted by Crippen LogP contribution is -2.00. The van der Waals surface area contributed by atoms with Gasteiger partial charge in [0.15, 0.2) is 17.5 Å². The molecule has 0 aliphatic carbocycles. The van der Waals surface area contributed by atoms with Crippen molar-refractivity contribution in [2.24, 2.45) is 0 Å². The number of thiophene rings is 1. The summed E-state index contributed by atoms with van der Waals surface area (Å²) in [4.78, 5) is 30.3. The van der Waals surface area contributed by atoms with Gasteiger partial charge < -0.3 is 0 Å². The number of para-hydroxylation sites is 2. The van der Waals surface area contributed by atoms with Crippen molar-refractivity contribution in [2.45, 2.75) is 0 Å². The Morgan fingerprint density at radius 3 is 1.15 bits per heavy atom. The zero-order valence-corrected chi connectivity index (χ0v) is 32.4. The maximum atomic E-state index is 4.98. The summed E-state index contributed by atoms with van der Waals surface area (Å²) in [6.07, 6.45) is 1.87. The van der Waals surface area contributed by atoms with Gasteiger partial charge in [-0.25, -0.2) is 24.9 Å². The first-order valence-electron chi connectivity index (χ1n) is 19.4. The average Bonchev–Trinajstić information content (AvgIpc) is 3.69. The van der Waals surface area contributed by atoms with Gasteiger partial charge in [0.25, 0.3) is 0 Å². The molecule has 0 saturated heterocycles. The molecule has 59 heavy (non-hydrogen) atoms. The van der Waals surface area contributed by atoms with Crippen LogP contribution in [0.4, 0.5) is 0 Å². The van der Waals surface area contributed by atoms with Gasteiger partial charge in [0, 0.05) is 28.5 Å². The number of hydrogen-bond donors (Lipinski definition) is 0. The summed E-state index contributed by atoms with van der Waals surface area (Å²) in [5, 5.41) is 0. The fourth-order valence-electron chi connectivity index (χ4n) is 7.56. The maximum absolute atomic E-state index is 4.98. The van der Waals surface area contributed by atoms with E-state index < -0.39 is 0 Å². The van der Waals surface area contributed by atoms with E-state index in [-0.39, 0.29) is 0 Å². The normalized spacial score (nSPS) is 11.4. The number of nitrogens with zero attached hydrogens (tertiary/aromatic N) is 6. The van der Waals surface area contributed by atoms with E-state index in [4.69, 9.17) is 29.9 Å². The zero-order valence-electron chi connectivity index (χ0n) is 31.6. The van der Waals surface area contributed by atoms with Crippen LogP contribution < -0.4 is 0 Å². The topological polar surface area (TPSA) is 77.3 Å². The molecule has 0 atom stereocenters. The number of pyridine rings is 1. The molecule has 4 aromatic heterocycles. The van der Waals surface area contributed by atoms with E-state index in [1.54, 1.807) is 11.3 Å². The molecule has 7 heteroatoms. The fraction of sp³-hybridized carbons (Fsp3) is 0. The van der Waals surface area contributed by atoms with Crippen LogP contribution in [0.2, 0.25) is 0 Å². The monoisotopic (exact) mass is 772 g/mol. The first kappa shape index (κ1) is 34.5. The molecule has 0 radical (unpaired) electrons. The summed E-state index contributed by atoms with van der Waals surface area (Å²) in [7, 11) is 0. The van der Waals surface area contributed by atoms with Gasteiger partial charge in [-0.2, -0.15) is 0 Å². The molecule has 0 bridgehead atoms. The second kappa shape index (κ2) is 14.6. The summed E-state index contributed by atoms with van der Waals surface area (Å²) in [5.74, 6) is 1.91. The smallest absolute Gasteiger partial charge is 0.164 e. The molecule has 0 fully saturated rings. The Kier molecular flexibility index (Phi) is 8.56. The first-order chi connectivity index (χ1) is 29.2. The van der Waals surface area contributed by atoms with Crippen LogP contribution in [0.3, 0.4) is 0 Å². The van der Waals surface area contributed by atoms with Crippen molar-refractivity contribution in [3.63, 3.8) is 0 Å². The van der Waals surface area contributed by atoms with Gasteiger partial charge in [0.05, 0.1) is 15.7 Å². The summed E-state index contributed by atoms with van der Waals surface area (Å²) in [6.45, 7) is 0. The Bertz CT molecular complexity index is 3280. The lowest BCUT2D eigenvalue weighted by molar-refractivity contribution is 1.07. The fourth-order valence-corrected chi connectivity index (χ4v) is 8.67. The largest absolute Gasteiger partial charge is 0.253 e. The van der Waals surface area contributed by atoms with Crippen molar-refractivity contribution < 1.29 is 0 Å². The molecule has 0 spiro atoms. The summed E-state index contributed by atoms with van der Waals surface area (Å²) >= 11 is 1.65. The SMILES string of the molecule is c1ccc(-c2ccc(-c3nc(-c4ccccc4)nc(-c4ccc(-c5ccc(-c6ccc(-c7ccnc8c7sc7nc9ccccc9nc78)cc6)cc5)cc4)n3)cc2)cc1. The van der Waals surface area contributed by atoms with Crippen molar-refractivity contribution in [3.8, 4) is 78.7 Å². The highest BCUT2D eigenvalue weighted by Crippen LogP contribution is 2.39. The lowest BCUT2D eigenvalue weighted by atomic mass is 9.98. The average molecular weight is 773 g/mol. The molecule has 0 aliphatic heterocycles. The van der Waals surface area contributed by atoms with E-state index in [1.807, 2.05) is 66.9 Å². The minimum atomic E-state index is 0.632. The molecule has 276 valence electrons. The Labute approximate surface area is 344 Å². The van der Waals surface area contributed by atoms with Gasteiger partial charge in [0.2, 0.25) is 0 Å². The van der Waals surface area contributed by atoms with Crippen LogP contribution in [-0.2, 0) is 0 Å². The van der Waals surface area contributed by atoms with Gasteiger partial charge >= 0.3 is 0 Å². The molecule has 0 saturated carbocycles.